The Hall–Kier alpha value is -1.09. The van der Waals surface area contributed by atoms with Crippen LogP contribution < -0.4 is 4.90 Å². The van der Waals surface area contributed by atoms with Crippen molar-refractivity contribution in [3.63, 3.8) is 0 Å². The van der Waals surface area contributed by atoms with Crippen molar-refractivity contribution in [3.05, 3.63) is 59.0 Å². The van der Waals surface area contributed by atoms with Gasteiger partial charge in [0.15, 0.2) is 0 Å². The van der Waals surface area contributed by atoms with Gasteiger partial charge in [-0.05, 0) is 11.0 Å². The largest absolute Gasteiger partial charge is 0.486 e. The van der Waals surface area contributed by atoms with Crippen molar-refractivity contribution in [2.75, 3.05) is 4.90 Å². The van der Waals surface area contributed by atoms with Gasteiger partial charge in [-0.2, -0.15) is 36.0 Å². The van der Waals surface area contributed by atoms with Gasteiger partial charge in [-0.1, -0.05) is 76.4 Å². The SMILES string of the molecule is CC(C)(C)c1c[c-]c2c(c1)-c1cc(C(C)(C)C)ccc1C1=NS[CH-]N12.[Ir]. The Balaban J connectivity index is 0.00000196. The first kappa shape index (κ1) is 19.7. The molecule has 2 aliphatic heterocycles. The predicted molar refractivity (Wildman–Crippen MR) is 109 cm³/mol. The van der Waals surface area contributed by atoms with Crippen molar-refractivity contribution in [1.82, 2.24) is 0 Å². The molecule has 26 heavy (non-hydrogen) atoms. The fourth-order valence-electron chi connectivity index (χ4n) is 3.31. The first-order chi connectivity index (χ1) is 11.7. The molecule has 0 unspecified atom stereocenters. The standard InChI is InChI=1S/C22H24N2S.Ir/c1-21(2,3)14-7-9-16-17(11-14)18-12-15(22(4,5)6)8-10-19(18)24-13-25-23-20(16)24;/h7-9,11-13H,1-6H3;/q-2;. The number of anilines is 1. The first-order valence-corrected chi connectivity index (χ1v) is 9.58. The average Bonchev–Trinajstić information content (AvgIpc) is 3.02. The Morgan fingerprint density at radius 2 is 1.58 bits per heavy atom. The van der Waals surface area contributed by atoms with E-state index in [1.807, 2.05) is 0 Å². The zero-order valence-electron chi connectivity index (χ0n) is 16.1. The zero-order valence-corrected chi connectivity index (χ0v) is 19.3. The van der Waals surface area contributed by atoms with Crippen LogP contribution in [-0.2, 0) is 30.9 Å². The summed E-state index contributed by atoms with van der Waals surface area (Å²) < 4.78 is 4.64. The van der Waals surface area contributed by atoms with E-state index in [1.54, 1.807) is 0 Å². The molecule has 0 bridgehead atoms. The van der Waals surface area contributed by atoms with Crippen LogP contribution in [0.4, 0.5) is 5.69 Å². The molecule has 0 fully saturated rings. The summed E-state index contributed by atoms with van der Waals surface area (Å²) in [4.78, 5) is 2.17. The van der Waals surface area contributed by atoms with Gasteiger partial charge in [0.25, 0.3) is 0 Å². The smallest absolute Gasteiger partial charge is 0.114 e. The maximum atomic E-state index is 4.64. The number of hydrogen-bond acceptors (Lipinski definition) is 3. The second-order valence-corrected chi connectivity index (χ2v) is 9.51. The predicted octanol–water partition coefficient (Wildman–Crippen LogP) is 6.09. The van der Waals surface area contributed by atoms with E-state index in [1.165, 1.54) is 39.8 Å². The summed E-state index contributed by atoms with van der Waals surface area (Å²) in [7, 11) is 0. The molecular weight excluding hydrogens is 517 g/mol. The molecule has 0 aromatic heterocycles. The molecule has 0 amide bonds. The molecule has 0 spiro atoms. The van der Waals surface area contributed by atoms with E-state index in [0.29, 0.717) is 0 Å². The molecule has 2 heterocycles. The Bertz CT molecular complexity index is 888. The molecule has 0 aliphatic carbocycles. The summed E-state index contributed by atoms with van der Waals surface area (Å²) in [5.41, 5.74) is 7.73. The molecule has 1 radical (unpaired) electrons. The molecule has 4 heteroatoms. The van der Waals surface area contributed by atoms with Gasteiger partial charge in [-0.25, -0.2) is 4.40 Å². The maximum Gasteiger partial charge on any atom is 0.114 e. The van der Waals surface area contributed by atoms with E-state index in [0.717, 1.165) is 11.5 Å². The van der Waals surface area contributed by atoms with Crippen LogP contribution in [0.1, 0.15) is 58.2 Å². The molecule has 0 saturated heterocycles. The maximum absolute atomic E-state index is 4.64. The minimum absolute atomic E-state index is 0. The summed E-state index contributed by atoms with van der Waals surface area (Å²) in [5.74, 6) is 3.09. The minimum Gasteiger partial charge on any atom is -0.486 e. The van der Waals surface area contributed by atoms with Gasteiger partial charge in [0.1, 0.15) is 5.84 Å². The summed E-state index contributed by atoms with van der Waals surface area (Å²) in [6.45, 7) is 13.5. The van der Waals surface area contributed by atoms with Gasteiger partial charge < -0.3 is 4.90 Å². The normalized spacial score (nSPS) is 15.6. The van der Waals surface area contributed by atoms with Crippen molar-refractivity contribution >= 4 is 23.5 Å². The van der Waals surface area contributed by atoms with Crippen molar-refractivity contribution in [2.45, 2.75) is 52.4 Å². The van der Waals surface area contributed by atoms with Crippen LogP contribution >= 0.6 is 11.9 Å². The summed E-state index contributed by atoms with van der Waals surface area (Å²) >= 11 is 1.50. The van der Waals surface area contributed by atoms with Gasteiger partial charge in [0.2, 0.25) is 0 Å². The second-order valence-electron chi connectivity index (χ2n) is 8.91. The number of rotatable bonds is 0. The number of benzene rings is 2. The molecule has 0 atom stereocenters. The average molecular weight is 541 g/mol. The van der Waals surface area contributed by atoms with Crippen LogP contribution in [0.2, 0.25) is 0 Å². The summed E-state index contributed by atoms with van der Waals surface area (Å²) in [5, 5.41) is 0. The molecule has 0 saturated carbocycles. The second kappa shape index (κ2) is 6.51. The van der Waals surface area contributed by atoms with Crippen LogP contribution in [0.3, 0.4) is 0 Å². The van der Waals surface area contributed by atoms with Crippen molar-refractivity contribution < 1.29 is 20.1 Å². The Morgan fingerprint density at radius 3 is 2.23 bits per heavy atom. The summed E-state index contributed by atoms with van der Waals surface area (Å²) in [6, 6.07) is 14.8. The monoisotopic (exact) mass is 541 g/mol. The summed E-state index contributed by atoms with van der Waals surface area (Å²) in [6.07, 6.45) is 0. The van der Waals surface area contributed by atoms with Gasteiger partial charge in [-0.15, -0.1) is 11.1 Å². The van der Waals surface area contributed by atoms with Crippen LogP contribution in [0.25, 0.3) is 11.1 Å². The fraction of sp³-hybridized carbons (Fsp3) is 0.364. The van der Waals surface area contributed by atoms with E-state index in [9.17, 15) is 0 Å². The number of fused-ring (bicyclic) bond motifs is 6. The van der Waals surface area contributed by atoms with Crippen LogP contribution in [0, 0.1) is 11.9 Å². The van der Waals surface area contributed by atoms with Crippen molar-refractivity contribution in [1.29, 1.82) is 0 Å². The van der Waals surface area contributed by atoms with Gasteiger partial charge in [0, 0.05) is 25.7 Å². The molecule has 0 N–H and O–H groups in total. The van der Waals surface area contributed by atoms with Crippen LogP contribution in [0.15, 0.2) is 34.7 Å². The first-order valence-electron chi connectivity index (χ1n) is 8.74. The molecule has 139 valence electrons. The topological polar surface area (TPSA) is 15.6 Å². The molecular formula is C22H24IrN2S-2. The Labute approximate surface area is 175 Å². The quantitative estimate of drug-likeness (QED) is 0.297. The van der Waals surface area contributed by atoms with Gasteiger partial charge in [-0.3, -0.25) is 0 Å². The number of nitrogens with zero attached hydrogens (tertiary/aromatic N) is 2. The Kier molecular flexibility index (Phi) is 4.92. The third-order valence-electron chi connectivity index (χ3n) is 4.96. The van der Waals surface area contributed by atoms with E-state index < -0.39 is 0 Å². The molecule has 2 aliphatic rings. The van der Waals surface area contributed by atoms with Crippen LogP contribution in [0.5, 0.6) is 0 Å². The van der Waals surface area contributed by atoms with E-state index >= 15 is 0 Å². The van der Waals surface area contributed by atoms with Crippen molar-refractivity contribution in [3.8, 4) is 11.1 Å². The van der Waals surface area contributed by atoms with E-state index in [4.69, 9.17) is 0 Å². The third-order valence-corrected chi connectivity index (χ3v) is 5.55. The van der Waals surface area contributed by atoms with Gasteiger partial charge >= 0.3 is 0 Å². The fourth-order valence-corrected chi connectivity index (χ4v) is 3.94. The van der Waals surface area contributed by atoms with E-state index in [-0.39, 0.29) is 30.9 Å². The Morgan fingerprint density at radius 1 is 0.923 bits per heavy atom. The molecule has 2 nitrogen and oxygen atoms in total. The zero-order chi connectivity index (χ0) is 18.0. The van der Waals surface area contributed by atoms with E-state index in [2.05, 4.69) is 93.1 Å². The molecule has 2 aromatic rings. The van der Waals surface area contributed by atoms with Crippen LogP contribution in [-0.4, -0.2) is 5.84 Å². The molecule has 2 aromatic carbocycles. The third kappa shape index (κ3) is 3.17. The number of amidine groups is 1. The van der Waals surface area contributed by atoms with Gasteiger partial charge in [0.05, 0.1) is 0 Å². The van der Waals surface area contributed by atoms with Crippen molar-refractivity contribution in [2.24, 2.45) is 4.40 Å². The minimum atomic E-state index is 0. The number of hydrogen-bond donors (Lipinski definition) is 0. The molecule has 4 rings (SSSR count).